The molecule has 0 spiro atoms. The highest BCUT2D eigenvalue weighted by molar-refractivity contribution is 9.10. The standard InChI is InChI=1S/C15H14BrCl2N5O2S/c1-9-14(6-19-22(9)2)26(24,25)21-15-11(16)8-23(20-15)7-10-3-4-12(17)13(18)5-10/h3-6,8H,7H2,1-2H3,(H,20,21). The van der Waals surface area contributed by atoms with Gasteiger partial charge in [0, 0.05) is 13.2 Å². The number of aromatic nitrogens is 4. The fourth-order valence-corrected chi connectivity index (χ4v) is 4.39. The summed E-state index contributed by atoms with van der Waals surface area (Å²) in [5.41, 5.74) is 1.41. The van der Waals surface area contributed by atoms with Crippen LogP contribution in [0.4, 0.5) is 5.82 Å². The highest BCUT2D eigenvalue weighted by Crippen LogP contribution is 2.26. The number of benzene rings is 1. The van der Waals surface area contributed by atoms with Crippen LogP contribution in [0.2, 0.25) is 10.0 Å². The van der Waals surface area contributed by atoms with E-state index >= 15 is 0 Å². The van der Waals surface area contributed by atoms with Crippen LogP contribution in [-0.4, -0.2) is 28.0 Å². The summed E-state index contributed by atoms with van der Waals surface area (Å²) >= 11 is 15.3. The molecule has 138 valence electrons. The van der Waals surface area contributed by atoms with E-state index < -0.39 is 10.0 Å². The van der Waals surface area contributed by atoms with Crippen molar-refractivity contribution in [2.24, 2.45) is 7.05 Å². The predicted molar refractivity (Wildman–Crippen MR) is 104 cm³/mol. The number of aryl methyl sites for hydroxylation is 1. The molecule has 2 heterocycles. The van der Waals surface area contributed by atoms with Crippen molar-refractivity contribution in [3.63, 3.8) is 0 Å². The first-order valence-electron chi connectivity index (χ1n) is 7.35. The molecule has 0 aliphatic heterocycles. The summed E-state index contributed by atoms with van der Waals surface area (Å²) in [5.74, 6) is 0.188. The Morgan fingerprint density at radius 2 is 2.00 bits per heavy atom. The molecule has 3 rings (SSSR count). The number of hydrogen-bond acceptors (Lipinski definition) is 4. The van der Waals surface area contributed by atoms with Crippen molar-refractivity contribution >= 4 is 55.0 Å². The summed E-state index contributed by atoms with van der Waals surface area (Å²) in [6, 6.07) is 5.27. The third-order valence-electron chi connectivity index (χ3n) is 3.76. The molecule has 0 saturated heterocycles. The van der Waals surface area contributed by atoms with Gasteiger partial charge in [0.05, 0.1) is 33.0 Å². The topological polar surface area (TPSA) is 81.8 Å². The Morgan fingerprint density at radius 1 is 1.27 bits per heavy atom. The van der Waals surface area contributed by atoms with Crippen LogP contribution in [-0.2, 0) is 23.6 Å². The summed E-state index contributed by atoms with van der Waals surface area (Å²) < 4.78 is 31.2. The van der Waals surface area contributed by atoms with Gasteiger partial charge in [-0.05, 0) is 40.5 Å². The van der Waals surface area contributed by atoms with Gasteiger partial charge in [-0.3, -0.25) is 14.1 Å². The maximum absolute atomic E-state index is 12.6. The molecule has 2 aromatic heterocycles. The van der Waals surface area contributed by atoms with Gasteiger partial charge in [0.1, 0.15) is 4.90 Å². The molecule has 0 radical (unpaired) electrons. The number of nitrogens with zero attached hydrogens (tertiary/aromatic N) is 4. The average molecular weight is 479 g/mol. The van der Waals surface area contributed by atoms with Crippen LogP contribution in [0.5, 0.6) is 0 Å². The summed E-state index contributed by atoms with van der Waals surface area (Å²) in [5, 5.41) is 9.16. The predicted octanol–water partition coefficient (Wildman–Crippen LogP) is 3.84. The zero-order valence-corrected chi connectivity index (χ0v) is 17.7. The minimum absolute atomic E-state index is 0.103. The second-order valence-electron chi connectivity index (χ2n) is 5.60. The lowest BCUT2D eigenvalue weighted by Crippen LogP contribution is -2.15. The van der Waals surface area contributed by atoms with E-state index in [9.17, 15) is 8.42 Å². The Labute approximate surface area is 169 Å². The minimum Gasteiger partial charge on any atom is -0.272 e. The van der Waals surface area contributed by atoms with Gasteiger partial charge < -0.3 is 0 Å². The van der Waals surface area contributed by atoms with Gasteiger partial charge in [0.15, 0.2) is 5.82 Å². The molecule has 1 aromatic carbocycles. The number of anilines is 1. The molecule has 0 atom stereocenters. The molecule has 1 N–H and O–H groups in total. The van der Waals surface area contributed by atoms with Gasteiger partial charge in [-0.25, -0.2) is 8.42 Å². The van der Waals surface area contributed by atoms with Gasteiger partial charge >= 0.3 is 0 Å². The second-order valence-corrected chi connectivity index (χ2v) is 8.91. The van der Waals surface area contributed by atoms with E-state index in [1.807, 2.05) is 6.07 Å². The molecule has 0 fully saturated rings. The van der Waals surface area contributed by atoms with Crippen molar-refractivity contribution in [1.82, 2.24) is 19.6 Å². The molecular formula is C15H14BrCl2N5O2S. The molecule has 7 nitrogen and oxygen atoms in total. The van der Waals surface area contributed by atoms with Gasteiger partial charge in [0.25, 0.3) is 10.0 Å². The van der Waals surface area contributed by atoms with E-state index in [1.165, 1.54) is 10.9 Å². The highest BCUT2D eigenvalue weighted by Gasteiger charge is 2.22. The monoisotopic (exact) mass is 477 g/mol. The van der Waals surface area contributed by atoms with Crippen molar-refractivity contribution < 1.29 is 8.42 Å². The molecule has 0 bridgehead atoms. The fourth-order valence-electron chi connectivity index (χ4n) is 2.30. The SMILES string of the molecule is Cc1c(S(=O)(=O)Nc2nn(Cc3ccc(Cl)c(Cl)c3)cc2Br)cnn1C. The van der Waals surface area contributed by atoms with Crippen molar-refractivity contribution in [2.45, 2.75) is 18.4 Å². The van der Waals surface area contributed by atoms with Crippen molar-refractivity contribution in [3.8, 4) is 0 Å². The van der Waals surface area contributed by atoms with Crippen molar-refractivity contribution in [2.75, 3.05) is 4.72 Å². The van der Waals surface area contributed by atoms with E-state index in [0.29, 0.717) is 26.8 Å². The average Bonchev–Trinajstić information content (AvgIpc) is 3.06. The van der Waals surface area contributed by atoms with Gasteiger partial charge in [-0.2, -0.15) is 10.2 Å². The molecule has 0 aliphatic rings. The summed E-state index contributed by atoms with van der Waals surface area (Å²) in [4.78, 5) is 0.103. The smallest absolute Gasteiger partial charge is 0.266 e. The zero-order chi connectivity index (χ0) is 19.1. The van der Waals surface area contributed by atoms with Crippen molar-refractivity contribution in [3.05, 3.63) is 56.4 Å². The molecule has 26 heavy (non-hydrogen) atoms. The Kier molecular flexibility index (Phi) is 5.34. The number of halogens is 3. The largest absolute Gasteiger partial charge is 0.272 e. The third kappa shape index (κ3) is 3.90. The van der Waals surface area contributed by atoms with Crippen LogP contribution < -0.4 is 4.72 Å². The normalized spacial score (nSPS) is 11.7. The molecule has 0 aliphatic carbocycles. The Hall–Kier alpha value is -1.55. The molecular weight excluding hydrogens is 465 g/mol. The van der Waals surface area contributed by atoms with Crippen LogP contribution in [0.15, 0.2) is 40.0 Å². The Balaban J connectivity index is 1.84. The van der Waals surface area contributed by atoms with Crippen LogP contribution in [0.3, 0.4) is 0 Å². The first kappa shape index (κ1) is 19.2. The highest BCUT2D eigenvalue weighted by atomic mass is 79.9. The molecule has 0 unspecified atom stereocenters. The van der Waals surface area contributed by atoms with Crippen LogP contribution in [0.25, 0.3) is 0 Å². The maximum Gasteiger partial charge on any atom is 0.266 e. The van der Waals surface area contributed by atoms with Crippen molar-refractivity contribution in [1.29, 1.82) is 0 Å². The van der Waals surface area contributed by atoms with Gasteiger partial charge in [-0.15, -0.1) is 0 Å². The summed E-state index contributed by atoms with van der Waals surface area (Å²) in [7, 11) is -2.12. The minimum atomic E-state index is -3.80. The molecule has 3 aromatic rings. The second kappa shape index (κ2) is 7.22. The van der Waals surface area contributed by atoms with E-state index in [-0.39, 0.29) is 10.7 Å². The van der Waals surface area contributed by atoms with Gasteiger partial charge in [0.2, 0.25) is 0 Å². The third-order valence-corrected chi connectivity index (χ3v) is 6.52. The molecule has 0 saturated carbocycles. The summed E-state index contributed by atoms with van der Waals surface area (Å²) in [6.45, 7) is 2.09. The van der Waals surface area contributed by atoms with E-state index in [4.69, 9.17) is 23.2 Å². The summed E-state index contributed by atoms with van der Waals surface area (Å²) in [6.07, 6.45) is 2.98. The first-order chi connectivity index (χ1) is 12.2. The van der Waals surface area contributed by atoms with E-state index in [0.717, 1.165) is 5.56 Å². The number of rotatable bonds is 5. The quantitative estimate of drug-likeness (QED) is 0.603. The lowest BCUT2D eigenvalue weighted by molar-refractivity contribution is 0.599. The zero-order valence-electron chi connectivity index (χ0n) is 13.7. The van der Waals surface area contributed by atoms with E-state index in [2.05, 4.69) is 30.8 Å². The molecule has 11 heteroatoms. The first-order valence-corrected chi connectivity index (χ1v) is 10.4. The number of hydrogen-bond donors (Lipinski definition) is 1. The lowest BCUT2D eigenvalue weighted by atomic mass is 10.2. The van der Waals surface area contributed by atoms with Crippen LogP contribution >= 0.6 is 39.1 Å². The number of sulfonamides is 1. The van der Waals surface area contributed by atoms with E-state index in [1.54, 1.807) is 37.0 Å². The fraction of sp³-hybridized carbons (Fsp3) is 0.200. The lowest BCUT2D eigenvalue weighted by Gasteiger charge is -2.06. The van der Waals surface area contributed by atoms with Gasteiger partial charge in [-0.1, -0.05) is 29.3 Å². The van der Waals surface area contributed by atoms with Crippen LogP contribution in [0.1, 0.15) is 11.3 Å². The van der Waals surface area contributed by atoms with Crippen LogP contribution in [0, 0.1) is 6.92 Å². The maximum atomic E-state index is 12.6. The Bertz CT molecular complexity index is 1080. The number of nitrogens with one attached hydrogen (secondary N) is 1. The Morgan fingerprint density at radius 3 is 2.62 bits per heavy atom. The molecule has 0 amide bonds.